The van der Waals surface area contributed by atoms with Gasteiger partial charge in [0.05, 0.1) is 12.2 Å². The van der Waals surface area contributed by atoms with Crippen molar-refractivity contribution in [1.82, 2.24) is 8.61 Å². The minimum absolute atomic E-state index is 0.0567. The molecule has 128 valence electrons. The maximum Gasteiger partial charge on any atom is 0.282 e. The van der Waals surface area contributed by atoms with Gasteiger partial charge in [0.15, 0.2) is 0 Å². The largest absolute Gasteiger partial charge is 0.373 e. The predicted molar refractivity (Wildman–Crippen MR) is 88.8 cm³/mol. The summed E-state index contributed by atoms with van der Waals surface area (Å²) in [6, 6.07) is 0. The average Bonchev–Trinajstić information content (AvgIpc) is 2.47. The average molecular weight is 330 g/mol. The van der Waals surface area contributed by atoms with Gasteiger partial charge in [-0.15, -0.1) is 6.58 Å². The molecule has 0 unspecified atom stereocenters. The Hall–Kier alpha value is -0.430. The highest BCUT2D eigenvalue weighted by Gasteiger charge is 2.35. The van der Waals surface area contributed by atoms with Crippen molar-refractivity contribution in [3.63, 3.8) is 0 Å². The molecule has 0 amide bonds. The van der Waals surface area contributed by atoms with Crippen LogP contribution in [0.4, 0.5) is 0 Å². The molecule has 2 aliphatic rings. The van der Waals surface area contributed by atoms with E-state index in [-0.39, 0.29) is 12.2 Å². The van der Waals surface area contributed by atoms with Gasteiger partial charge < -0.3 is 4.74 Å². The van der Waals surface area contributed by atoms with Gasteiger partial charge in [-0.25, -0.2) is 0 Å². The fourth-order valence-electron chi connectivity index (χ4n) is 3.55. The summed E-state index contributed by atoms with van der Waals surface area (Å²) in [7, 11) is -3.44. The first-order valence-corrected chi connectivity index (χ1v) is 9.84. The van der Waals surface area contributed by atoms with Crippen LogP contribution in [0, 0.1) is 5.92 Å². The highest BCUT2D eigenvalue weighted by Crippen LogP contribution is 2.26. The third-order valence-electron chi connectivity index (χ3n) is 4.56. The molecule has 2 rings (SSSR count). The zero-order valence-corrected chi connectivity index (χ0v) is 14.7. The van der Waals surface area contributed by atoms with E-state index in [2.05, 4.69) is 6.58 Å². The summed E-state index contributed by atoms with van der Waals surface area (Å²) in [6.07, 6.45) is 7.57. The Bertz CT molecular complexity index is 450. The summed E-state index contributed by atoms with van der Waals surface area (Å²) in [5.74, 6) is 0.486. The number of morpholine rings is 1. The normalized spacial score (nSPS) is 28.9. The number of ether oxygens (including phenoxy) is 1. The Morgan fingerprint density at radius 2 is 1.77 bits per heavy atom. The van der Waals surface area contributed by atoms with E-state index in [9.17, 15) is 8.42 Å². The van der Waals surface area contributed by atoms with Gasteiger partial charge in [0.2, 0.25) is 0 Å². The molecule has 0 bridgehead atoms. The van der Waals surface area contributed by atoms with E-state index in [1.165, 1.54) is 19.3 Å². The van der Waals surface area contributed by atoms with Crippen molar-refractivity contribution in [3.05, 3.63) is 12.7 Å². The maximum atomic E-state index is 13.0. The van der Waals surface area contributed by atoms with Crippen molar-refractivity contribution < 1.29 is 13.2 Å². The SMILES string of the molecule is C=CCN(CC1CCCCC1)S(=O)(=O)N1C[C@@H](C)O[C@H](C)C1. The van der Waals surface area contributed by atoms with Crippen LogP contribution in [-0.2, 0) is 14.9 Å². The topological polar surface area (TPSA) is 49.9 Å². The standard InChI is InChI=1S/C16H30N2O3S/c1-4-10-17(13-16-8-6-5-7-9-16)22(19,20)18-11-14(2)21-15(3)12-18/h4,14-16H,1,5-13H2,2-3H3/t14-,15-/m1/s1. The van der Waals surface area contributed by atoms with E-state index in [1.807, 2.05) is 13.8 Å². The molecule has 2 atom stereocenters. The smallest absolute Gasteiger partial charge is 0.282 e. The van der Waals surface area contributed by atoms with E-state index in [1.54, 1.807) is 14.7 Å². The quantitative estimate of drug-likeness (QED) is 0.703. The van der Waals surface area contributed by atoms with Gasteiger partial charge in [0.1, 0.15) is 0 Å². The van der Waals surface area contributed by atoms with Crippen LogP contribution in [0.5, 0.6) is 0 Å². The van der Waals surface area contributed by atoms with Crippen molar-refractivity contribution in [2.45, 2.75) is 58.2 Å². The van der Waals surface area contributed by atoms with Crippen LogP contribution in [0.1, 0.15) is 46.0 Å². The van der Waals surface area contributed by atoms with Gasteiger partial charge in [-0.1, -0.05) is 25.3 Å². The monoisotopic (exact) mass is 330 g/mol. The van der Waals surface area contributed by atoms with Crippen LogP contribution < -0.4 is 0 Å². The first kappa shape index (κ1) is 17.9. The molecule has 1 heterocycles. The predicted octanol–water partition coefficient (Wildman–Crippen LogP) is 2.41. The highest BCUT2D eigenvalue weighted by molar-refractivity contribution is 7.86. The summed E-state index contributed by atoms with van der Waals surface area (Å²) in [5, 5.41) is 0. The molecule has 0 aromatic heterocycles. The lowest BCUT2D eigenvalue weighted by Gasteiger charge is -2.38. The lowest BCUT2D eigenvalue weighted by atomic mass is 9.89. The Morgan fingerprint density at radius 3 is 2.32 bits per heavy atom. The molecule has 1 aliphatic carbocycles. The fourth-order valence-corrected chi connectivity index (χ4v) is 5.36. The Morgan fingerprint density at radius 1 is 1.18 bits per heavy atom. The van der Waals surface area contributed by atoms with Crippen molar-refractivity contribution >= 4 is 10.2 Å². The van der Waals surface area contributed by atoms with Crippen LogP contribution in [0.2, 0.25) is 0 Å². The second-order valence-corrected chi connectivity index (χ2v) is 8.62. The number of nitrogens with zero attached hydrogens (tertiary/aromatic N) is 2. The lowest BCUT2D eigenvalue weighted by molar-refractivity contribution is -0.0455. The molecule has 1 saturated carbocycles. The summed E-state index contributed by atoms with van der Waals surface area (Å²) in [6.45, 7) is 9.47. The van der Waals surface area contributed by atoms with Crippen LogP contribution in [0.15, 0.2) is 12.7 Å². The molecule has 2 fully saturated rings. The van der Waals surface area contributed by atoms with Crippen molar-refractivity contribution in [1.29, 1.82) is 0 Å². The van der Waals surface area contributed by atoms with Gasteiger partial charge >= 0.3 is 0 Å². The molecule has 0 N–H and O–H groups in total. The molecular weight excluding hydrogens is 300 g/mol. The third kappa shape index (κ3) is 4.54. The molecular formula is C16H30N2O3S. The summed E-state index contributed by atoms with van der Waals surface area (Å²) in [4.78, 5) is 0. The summed E-state index contributed by atoms with van der Waals surface area (Å²) in [5.41, 5.74) is 0. The van der Waals surface area contributed by atoms with Crippen LogP contribution in [0.3, 0.4) is 0 Å². The van der Waals surface area contributed by atoms with E-state index < -0.39 is 10.2 Å². The first-order valence-electron chi connectivity index (χ1n) is 8.45. The van der Waals surface area contributed by atoms with Crippen LogP contribution in [-0.4, -0.2) is 55.4 Å². The van der Waals surface area contributed by atoms with Gasteiger partial charge in [-0.05, 0) is 32.6 Å². The third-order valence-corrected chi connectivity index (χ3v) is 6.46. The molecule has 22 heavy (non-hydrogen) atoms. The minimum atomic E-state index is -3.44. The molecule has 6 heteroatoms. The zero-order valence-electron chi connectivity index (χ0n) is 13.9. The number of hydrogen-bond acceptors (Lipinski definition) is 3. The molecule has 1 saturated heterocycles. The number of rotatable bonds is 6. The second-order valence-electron chi connectivity index (χ2n) is 6.69. The van der Waals surface area contributed by atoms with Gasteiger partial charge in [-0.3, -0.25) is 0 Å². The summed E-state index contributed by atoms with van der Waals surface area (Å²) < 4.78 is 34.8. The first-order chi connectivity index (χ1) is 10.4. The van der Waals surface area contributed by atoms with Crippen LogP contribution in [0.25, 0.3) is 0 Å². The van der Waals surface area contributed by atoms with Crippen molar-refractivity contribution in [2.24, 2.45) is 5.92 Å². The minimum Gasteiger partial charge on any atom is -0.373 e. The van der Waals surface area contributed by atoms with E-state index in [0.29, 0.717) is 32.1 Å². The van der Waals surface area contributed by atoms with E-state index >= 15 is 0 Å². The number of hydrogen-bond donors (Lipinski definition) is 0. The lowest BCUT2D eigenvalue weighted by Crippen LogP contribution is -2.53. The molecule has 0 spiro atoms. The Labute approximate surface area is 135 Å². The molecule has 0 aromatic carbocycles. The molecule has 0 aromatic rings. The molecule has 0 radical (unpaired) electrons. The zero-order chi connectivity index (χ0) is 16.2. The van der Waals surface area contributed by atoms with Gasteiger partial charge in [0.25, 0.3) is 10.2 Å². The van der Waals surface area contributed by atoms with Crippen molar-refractivity contribution in [2.75, 3.05) is 26.2 Å². The van der Waals surface area contributed by atoms with E-state index in [0.717, 1.165) is 12.8 Å². The fraction of sp³-hybridized carbons (Fsp3) is 0.875. The summed E-state index contributed by atoms with van der Waals surface area (Å²) >= 11 is 0. The van der Waals surface area contributed by atoms with Gasteiger partial charge in [0, 0.05) is 26.2 Å². The maximum absolute atomic E-state index is 13.0. The second kappa shape index (κ2) is 7.90. The molecule has 5 nitrogen and oxygen atoms in total. The Kier molecular flexibility index (Phi) is 6.44. The van der Waals surface area contributed by atoms with E-state index in [4.69, 9.17) is 4.74 Å². The van der Waals surface area contributed by atoms with Gasteiger partial charge in [-0.2, -0.15) is 17.0 Å². The van der Waals surface area contributed by atoms with Crippen molar-refractivity contribution in [3.8, 4) is 0 Å². The molecule has 1 aliphatic heterocycles. The van der Waals surface area contributed by atoms with Crippen LogP contribution >= 0.6 is 0 Å². The highest BCUT2D eigenvalue weighted by atomic mass is 32.2. The Balaban J connectivity index is 2.08.